The molecule has 0 bridgehead atoms. The van der Waals surface area contributed by atoms with Crippen LogP contribution in [0, 0.1) is 0 Å². The van der Waals surface area contributed by atoms with Gasteiger partial charge in [-0.05, 0) is 0 Å². The van der Waals surface area contributed by atoms with Gasteiger partial charge in [-0.1, -0.05) is 23.2 Å². The van der Waals surface area contributed by atoms with E-state index in [1.54, 1.807) is 31.0 Å². The molecule has 1 fully saturated rings. The van der Waals surface area contributed by atoms with E-state index in [-0.39, 0.29) is 0 Å². The fourth-order valence-electron chi connectivity index (χ4n) is 2.40. The molecule has 0 saturated carbocycles. The maximum atomic E-state index is 6.17. The van der Waals surface area contributed by atoms with Crippen LogP contribution in [0.15, 0.2) is 31.0 Å². The van der Waals surface area contributed by atoms with E-state index in [0.29, 0.717) is 10.0 Å². The van der Waals surface area contributed by atoms with Gasteiger partial charge in [0.15, 0.2) is 0 Å². The molecule has 2 aromatic rings. The highest BCUT2D eigenvalue weighted by molar-refractivity contribution is 6.35. The average molecular weight is 324 g/mol. The predicted molar refractivity (Wildman–Crippen MR) is 83.8 cm³/mol. The van der Waals surface area contributed by atoms with Gasteiger partial charge in [0.05, 0.1) is 16.2 Å². The summed E-state index contributed by atoms with van der Waals surface area (Å²) < 4.78 is 0. The van der Waals surface area contributed by atoms with E-state index in [2.05, 4.69) is 24.8 Å². The fourth-order valence-corrected chi connectivity index (χ4v) is 2.89. The summed E-state index contributed by atoms with van der Waals surface area (Å²) in [4.78, 5) is 17.0. The van der Waals surface area contributed by atoms with Crippen molar-refractivity contribution in [1.82, 2.24) is 19.9 Å². The SMILES string of the molecule is Clc1cncc(Cl)c1CN1CCN(c2cnccn2)CC1. The number of rotatable bonds is 3. The Balaban J connectivity index is 1.62. The number of aromatic nitrogens is 3. The molecule has 0 N–H and O–H groups in total. The standard InChI is InChI=1S/C14H15Cl2N5/c15-12-7-18-8-13(16)11(12)10-20-3-5-21(6-4-20)14-9-17-1-2-19-14/h1-2,7-9H,3-6,10H2. The third-order valence-electron chi connectivity index (χ3n) is 3.58. The van der Waals surface area contributed by atoms with E-state index in [9.17, 15) is 0 Å². The number of hydrogen-bond donors (Lipinski definition) is 0. The zero-order valence-electron chi connectivity index (χ0n) is 11.4. The van der Waals surface area contributed by atoms with Crippen molar-refractivity contribution in [2.24, 2.45) is 0 Å². The molecule has 0 aliphatic carbocycles. The molecule has 3 rings (SSSR count). The van der Waals surface area contributed by atoms with E-state index in [0.717, 1.165) is 44.1 Å². The molecule has 110 valence electrons. The topological polar surface area (TPSA) is 45.2 Å². The first-order chi connectivity index (χ1) is 10.2. The minimum absolute atomic E-state index is 0.624. The first-order valence-electron chi connectivity index (χ1n) is 6.75. The summed E-state index contributed by atoms with van der Waals surface area (Å²) in [7, 11) is 0. The minimum atomic E-state index is 0.624. The van der Waals surface area contributed by atoms with Crippen LogP contribution in [-0.2, 0) is 6.54 Å². The summed E-state index contributed by atoms with van der Waals surface area (Å²) in [5, 5.41) is 1.25. The second-order valence-corrected chi connectivity index (χ2v) is 5.72. The van der Waals surface area contributed by atoms with E-state index >= 15 is 0 Å². The van der Waals surface area contributed by atoms with Crippen LogP contribution in [0.25, 0.3) is 0 Å². The lowest BCUT2D eigenvalue weighted by Gasteiger charge is -2.35. The van der Waals surface area contributed by atoms with Crippen LogP contribution in [0.3, 0.4) is 0 Å². The van der Waals surface area contributed by atoms with Crippen molar-refractivity contribution in [2.45, 2.75) is 6.54 Å². The van der Waals surface area contributed by atoms with Gasteiger partial charge in [-0.2, -0.15) is 0 Å². The van der Waals surface area contributed by atoms with Crippen LogP contribution in [0.1, 0.15) is 5.56 Å². The van der Waals surface area contributed by atoms with Crippen molar-refractivity contribution < 1.29 is 0 Å². The lowest BCUT2D eigenvalue weighted by atomic mass is 10.2. The molecule has 3 heterocycles. The molecule has 2 aromatic heterocycles. The molecule has 0 atom stereocenters. The Hall–Kier alpha value is -1.43. The summed E-state index contributed by atoms with van der Waals surface area (Å²) in [6.07, 6.45) is 8.48. The Morgan fingerprint density at radius 2 is 1.62 bits per heavy atom. The maximum Gasteiger partial charge on any atom is 0.147 e. The third-order valence-corrected chi connectivity index (χ3v) is 4.23. The van der Waals surface area contributed by atoms with Crippen LogP contribution < -0.4 is 4.90 Å². The molecule has 1 saturated heterocycles. The van der Waals surface area contributed by atoms with Gasteiger partial charge in [0, 0.05) is 63.1 Å². The molecule has 0 amide bonds. The number of hydrogen-bond acceptors (Lipinski definition) is 5. The molecule has 1 aliphatic heterocycles. The van der Waals surface area contributed by atoms with Crippen molar-refractivity contribution in [2.75, 3.05) is 31.1 Å². The molecule has 1 aliphatic rings. The van der Waals surface area contributed by atoms with Gasteiger partial charge in [-0.3, -0.25) is 14.9 Å². The largest absolute Gasteiger partial charge is 0.353 e. The van der Waals surface area contributed by atoms with Gasteiger partial charge in [0.2, 0.25) is 0 Å². The number of anilines is 1. The van der Waals surface area contributed by atoms with Gasteiger partial charge in [0.1, 0.15) is 5.82 Å². The average Bonchev–Trinajstić information content (AvgIpc) is 2.53. The zero-order chi connectivity index (χ0) is 14.7. The summed E-state index contributed by atoms with van der Waals surface area (Å²) in [6.45, 7) is 4.45. The Morgan fingerprint density at radius 1 is 0.905 bits per heavy atom. The lowest BCUT2D eigenvalue weighted by Crippen LogP contribution is -2.46. The number of halogens is 2. The molecule has 0 unspecified atom stereocenters. The van der Waals surface area contributed by atoms with Gasteiger partial charge >= 0.3 is 0 Å². The Labute approximate surface area is 133 Å². The first-order valence-corrected chi connectivity index (χ1v) is 7.51. The molecule has 0 aromatic carbocycles. The molecule has 7 heteroatoms. The summed E-state index contributed by atoms with van der Waals surface area (Å²) in [6, 6.07) is 0. The Bertz CT molecular complexity index is 579. The highest BCUT2D eigenvalue weighted by Crippen LogP contribution is 2.25. The maximum absolute atomic E-state index is 6.17. The minimum Gasteiger partial charge on any atom is -0.353 e. The first kappa shape index (κ1) is 14.5. The quantitative estimate of drug-likeness (QED) is 0.868. The molecular weight excluding hydrogens is 309 g/mol. The number of pyridine rings is 1. The van der Waals surface area contributed by atoms with E-state index in [4.69, 9.17) is 23.2 Å². The van der Waals surface area contributed by atoms with Crippen molar-refractivity contribution in [3.63, 3.8) is 0 Å². The van der Waals surface area contributed by atoms with Crippen LogP contribution in [0.5, 0.6) is 0 Å². The summed E-state index contributed by atoms with van der Waals surface area (Å²) in [5.41, 5.74) is 0.946. The fraction of sp³-hybridized carbons (Fsp3) is 0.357. The summed E-state index contributed by atoms with van der Waals surface area (Å²) >= 11 is 12.3. The third kappa shape index (κ3) is 3.43. The van der Waals surface area contributed by atoms with Gasteiger partial charge in [-0.15, -0.1) is 0 Å². The summed E-state index contributed by atoms with van der Waals surface area (Å²) in [5.74, 6) is 0.928. The van der Waals surface area contributed by atoms with E-state index in [1.165, 1.54) is 0 Å². The number of piperazine rings is 1. The highest BCUT2D eigenvalue weighted by Gasteiger charge is 2.19. The van der Waals surface area contributed by atoms with Crippen LogP contribution in [0.4, 0.5) is 5.82 Å². The Morgan fingerprint density at radius 3 is 2.24 bits per heavy atom. The molecule has 0 spiro atoms. The molecule has 21 heavy (non-hydrogen) atoms. The van der Waals surface area contributed by atoms with E-state index < -0.39 is 0 Å². The Kier molecular flexibility index (Phi) is 4.53. The molecule has 5 nitrogen and oxygen atoms in total. The van der Waals surface area contributed by atoms with Crippen LogP contribution in [0.2, 0.25) is 10.0 Å². The van der Waals surface area contributed by atoms with Gasteiger partial charge in [0.25, 0.3) is 0 Å². The van der Waals surface area contributed by atoms with E-state index in [1.807, 2.05) is 0 Å². The van der Waals surface area contributed by atoms with Crippen molar-refractivity contribution in [3.8, 4) is 0 Å². The highest BCUT2D eigenvalue weighted by atomic mass is 35.5. The zero-order valence-corrected chi connectivity index (χ0v) is 12.9. The smallest absolute Gasteiger partial charge is 0.147 e. The van der Waals surface area contributed by atoms with Crippen LogP contribution >= 0.6 is 23.2 Å². The number of nitrogens with zero attached hydrogens (tertiary/aromatic N) is 5. The molecule has 0 radical (unpaired) electrons. The van der Waals surface area contributed by atoms with Crippen molar-refractivity contribution in [3.05, 3.63) is 46.6 Å². The predicted octanol–water partition coefficient (Wildman–Crippen LogP) is 2.50. The van der Waals surface area contributed by atoms with Crippen LogP contribution in [-0.4, -0.2) is 46.0 Å². The van der Waals surface area contributed by atoms with Gasteiger partial charge < -0.3 is 4.90 Å². The lowest BCUT2D eigenvalue weighted by molar-refractivity contribution is 0.249. The normalized spacial score (nSPS) is 16.2. The van der Waals surface area contributed by atoms with Crippen molar-refractivity contribution >= 4 is 29.0 Å². The van der Waals surface area contributed by atoms with Gasteiger partial charge in [-0.25, -0.2) is 4.98 Å². The second-order valence-electron chi connectivity index (χ2n) is 4.91. The second kappa shape index (κ2) is 6.56. The monoisotopic (exact) mass is 323 g/mol. The molecular formula is C14H15Cl2N5. The van der Waals surface area contributed by atoms with Crippen molar-refractivity contribution in [1.29, 1.82) is 0 Å².